The van der Waals surface area contributed by atoms with E-state index in [1.165, 1.54) is 0 Å². The highest BCUT2D eigenvalue weighted by molar-refractivity contribution is 6.01. The smallest absolute Gasteiger partial charge is 0.407 e. The van der Waals surface area contributed by atoms with Crippen LogP contribution in [0.2, 0.25) is 0 Å². The molecule has 0 bridgehead atoms. The van der Waals surface area contributed by atoms with Crippen molar-refractivity contribution in [1.82, 2.24) is 31.9 Å². The molecule has 0 saturated heterocycles. The molecule has 0 aliphatic rings. The Morgan fingerprint density at radius 3 is 1.25 bits per heavy atom. The number of imide groups is 2. The zero-order chi connectivity index (χ0) is 29.8. The minimum atomic E-state index is -0.895. The second kappa shape index (κ2) is 26.0. The minimum absolute atomic E-state index is 0.0562. The van der Waals surface area contributed by atoms with Crippen molar-refractivity contribution in [2.45, 2.75) is 96.9 Å². The third kappa shape index (κ3) is 25.0. The molecule has 0 aromatic rings. The SMILES string of the molecule is CCCCCCNC(=O)NC(=O)NC(=O)NCCCCCCNC(=O)OCC(N)COC(=O)NCCCCCC. The van der Waals surface area contributed by atoms with Gasteiger partial charge in [-0.15, -0.1) is 0 Å². The van der Waals surface area contributed by atoms with Gasteiger partial charge in [0.25, 0.3) is 0 Å². The first-order valence-corrected chi connectivity index (χ1v) is 14.5. The van der Waals surface area contributed by atoms with Crippen molar-refractivity contribution in [2.24, 2.45) is 5.73 Å². The molecule has 14 nitrogen and oxygen atoms in total. The topological polar surface area (TPSA) is 202 Å². The molecule has 0 heterocycles. The van der Waals surface area contributed by atoms with Gasteiger partial charge in [-0.25, -0.2) is 24.0 Å². The van der Waals surface area contributed by atoms with E-state index in [1.807, 2.05) is 10.6 Å². The zero-order valence-electron chi connectivity index (χ0n) is 24.2. The molecule has 0 spiro atoms. The number of carbonyl (C=O) groups is 5. The number of unbranched alkanes of at least 4 members (excludes halogenated alkanes) is 9. The number of nitrogens with two attached hydrogens (primary N) is 1. The number of urea groups is 3. The molecule has 0 aliphatic carbocycles. The van der Waals surface area contributed by atoms with E-state index in [9.17, 15) is 24.0 Å². The van der Waals surface area contributed by atoms with Gasteiger partial charge >= 0.3 is 30.3 Å². The molecule has 0 aromatic heterocycles. The van der Waals surface area contributed by atoms with Crippen LogP contribution in [-0.4, -0.2) is 75.7 Å². The number of nitrogens with one attached hydrogen (secondary N) is 6. The van der Waals surface area contributed by atoms with Gasteiger partial charge in [0.15, 0.2) is 0 Å². The number of amides is 8. The number of hydrogen-bond acceptors (Lipinski definition) is 8. The fraction of sp³-hybridized carbons (Fsp3) is 0.808. The van der Waals surface area contributed by atoms with E-state index < -0.39 is 36.3 Å². The van der Waals surface area contributed by atoms with Crippen LogP contribution in [-0.2, 0) is 9.47 Å². The molecule has 1 unspecified atom stereocenters. The maximum Gasteiger partial charge on any atom is 0.407 e. The Bertz CT molecular complexity index is 726. The molecule has 40 heavy (non-hydrogen) atoms. The van der Waals surface area contributed by atoms with Crippen molar-refractivity contribution in [1.29, 1.82) is 0 Å². The predicted molar refractivity (Wildman–Crippen MR) is 152 cm³/mol. The summed E-state index contributed by atoms with van der Waals surface area (Å²) in [5, 5.41) is 14.4. The maximum absolute atomic E-state index is 11.7. The van der Waals surface area contributed by atoms with Crippen molar-refractivity contribution in [3.05, 3.63) is 0 Å². The van der Waals surface area contributed by atoms with Crippen molar-refractivity contribution in [3.8, 4) is 0 Å². The molecule has 0 aromatic carbocycles. The average Bonchev–Trinajstić information content (AvgIpc) is 2.91. The van der Waals surface area contributed by atoms with Crippen LogP contribution in [0.15, 0.2) is 0 Å². The van der Waals surface area contributed by atoms with Gasteiger partial charge < -0.3 is 36.5 Å². The van der Waals surface area contributed by atoms with Crippen LogP contribution in [0.4, 0.5) is 24.0 Å². The summed E-state index contributed by atoms with van der Waals surface area (Å²) in [5.74, 6) is 0. The van der Waals surface area contributed by atoms with Crippen molar-refractivity contribution < 1.29 is 33.4 Å². The highest BCUT2D eigenvalue weighted by atomic mass is 16.6. The summed E-state index contributed by atoms with van der Waals surface area (Å²) in [6.45, 7) is 5.86. The number of ether oxygens (including phenoxy) is 2. The first kappa shape index (κ1) is 36.7. The minimum Gasteiger partial charge on any atom is -0.448 e. The Labute approximate surface area is 238 Å². The second-order valence-electron chi connectivity index (χ2n) is 9.44. The normalized spacial score (nSPS) is 11.1. The van der Waals surface area contributed by atoms with E-state index in [0.29, 0.717) is 39.0 Å². The van der Waals surface area contributed by atoms with Crippen molar-refractivity contribution in [3.63, 3.8) is 0 Å². The monoisotopic (exact) mass is 573 g/mol. The molecule has 14 heteroatoms. The summed E-state index contributed by atoms with van der Waals surface area (Å²) in [6, 6.07) is -2.85. The lowest BCUT2D eigenvalue weighted by atomic mass is 10.2. The summed E-state index contributed by atoms with van der Waals surface area (Å²) in [4.78, 5) is 58.3. The van der Waals surface area contributed by atoms with Crippen LogP contribution in [0.3, 0.4) is 0 Å². The van der Waals surface area contributed by atoms with Crippen molar-refractivity contribution in [2.75, 3.05) is 39.4 Å². The van der Waals surface area contributed by atoms with Gasteiger partial charge in [-0.3, -0.25) is 10.6 Å². The lowest BCUT2D eigenvalue weighted by molar-refractivity contribution is 0.107. The molecule has 0 saturated carbocycles. The Hall–Kier alpha value is -3.29. The molecule has 1 atom stereocenters. The molecule has 0 aliphatic heterocycles. The quantitative estimate of drug-likeness (QED) is 0.101. The summed E-state index contributed by atoms with van der Waals surface area (Å²) >= 11 is 0. The molecule has 0 radical (unpaired) electrons. The van der Waals surface area contributed by atoms with Crippen LogP contribution in [0.1, 0.15) is 90.9 Å². The van der Waals surface area contributed by atoms with Crippen LogP contribution < -0.4 is 37.6 Å². The third-order valence-electron chi connectivity index (χ3n) is 5.59. The van der Waals surface area contributed by atoms with Gasteiger partial charge in [0.1, 0.15) is 13.2 Å². The number of carbonyl (C=O) groups excluding carboxylic acids is 5. The van der Waals surface area contributed by atoms with Gasteiger partial charge in [0.2, 0.25) is 0 Å². The van der Waals surface area contributed by atoms with E-state index in [1.54, 1.807) is 0 Å². The van der Waals surface area contributed by atoms with E-state index in [2.05, 4.69) is 35.1 Å². The standard InChI is InChI=1S/C26H51N7O7/c1-3-5-7-11-15-28-22(34)32-24(36)33-23(35)29-16-13-9-10-14-18-31-26(38)40-20-21(27)19-39-25(37)30-17-12-8-6-4-2/h21H,3-20,27H2,1-2H3,(H,30,37)(H,31,38)(H4,28,29,32,33,34,35,36). The zero-order valence-corrected chi connectivity index (χ0v) is 24.2. The van der Waals surface area contributed by atoms with Gasteiger partial charge in [0.05, 0.1) is 6.04 Å². The molecule has 8 N–H and O–H groups in total. The molecule has 232 valence electrons. The molecule has 0 fully saturated rings. The lowest BCUT2D eigenvalue weighted by Gasteiger charge is -2.13. The number of rotatable bonds is 21. The average molecular weight is 574 g/mol. The molecular formula is C26H51N7O7. The number of alkyl carbamates (subject to hydrolysis) is 2. The predicted octanol–water partition coefficient (Wildman–Crippen LogP) is 3.21. The summed E-state index contributed by atoms with van der Waals surface area (Å²) < 4.78 is 10.0. The molecule has 0 rings (SSSR count). The van der Waals surface area contributed by atoms with E-state index in [-0.39, 0.29) is 13.2 Å². The highest BCUT2D eigenvalue weighted by Crippen LogP contribution is 1.99. The fourth-order valence-corrected chi connectivity index (χ4v) is 3.33. The van der Waals surface area contributed by atoms with Crippen LogP contribution in [0.25, 0.3) is 0 Å². The summed E-state index contributed by atoms with van der Waals surface area (Å²) in [6.07, 6.45) is 10.1. The van der Waals surface area contributed by atoms with Gasteiger partial charge in [0, 0.05) is 26.2 Å². The highest BCUT2D eigenvalue weighted by Gasteiger charge is 2.11. The Kier molecular flexibility index (Phi) is 23.8. The molecular weight excluding hydrogens is 522 g/mol. The van der Waals surface area contributed by atoms with Gasteiger partial charge in [-0.05, 0) is 25.7 Å². The Morgan fingerprint density at radius 1 is 0.525 bits per heavy atom. The van der Waals surface area contributed by atoms with Gasteiger partial charge in [-0.1, -0.05) is 65.2 Å². The third-order valence-corrected chi connectivity index (χ3v) is 5.59. The van der Waals surface area contributed by atoms with Crippen LogP contribution in [0, 0.1) is 0 Å². The molecule has 8 amide bonds. The summed E-state index contributed by atoms with van der Waals surface area (Å²) in [7, 11) is 0. The largest absolute Gasteiger partial charge is 0.448 e. The fourth-order valence-electron chi connectivity index (χ4n) is 3.33. The Balaban J connectivity index is 3.63. The first-order chi connectivity index (χ1) is 19.3. The maximum atomic E-state index is 11.7. The second-order valence-corrected chi connectivity index (χ2v) is 9.44. The van der Waals surface area contributed by atoms with Gasteiger partial charge in [-0.2, -0.15) is 0 Å². The van der Waals surface area contributed by atoms with E-state index in [4.69, 9.17) is 15.2 Å². The Morgan fingerprint density at radius 2 is 0.875 bits per heavy atom. The lowest BCUT2D eigenvalue weighted by Crippen LogP contribution is -2.49. The van der Waals surface area contributed by atoms with Crippen molar-refractivity contribution >= 4 is 30.3 Å². The van der Waals surface area contributed by atoms with E-state index >= 15 is 0 Å². The van der Waals surface area contributed by atoms with Crippen LogP contribution in [0.5, 0.6) is 0 Å². The summed E-state index contributed by atoms with van der Waals surface area (Å²) in [5.41, 5.74) is 5.80. The van der Waals surface area contributed by atoms with E-state index in [0.717, 1.165) is 64.2 Å². The first-order valence-electron chi connectivity index (χ1n) is 14.5. The van der Waals surface area contributed by atoms with Crippen LogP contribution >= 0.6 is 0 Å². The number of hydrogen-bond donors (Lipinski definition) is 7.